The lowest BCUT2D eigenvalue weighted by atomic mass is 10.2. The lowest BCUT2D eigenvalue weighted by molar-refractivity contribution is -0.115. The zero-order valence-corrected chi connectivity index (χ0v) is 14.6. The van der Waals surface area contributed by atoms with E-state index in [0.717, 1.165) is 11.8 Å². The van der Waals surface area contributed by atoms with Gasteiger partial charge in [-0.25, -0.2) is 4.39 Å². The molecular formula is C17H13ClFN3O2S. The minimum absolute atomic E-state index is 0.200. The predicted molar refractivity (Wildman–Crippen MR) is 95.1 cm³/mol. The summed E-state index contributed by atoms with van der Waals surface area (Å²) in [5.41, 5.74) is 1.26. The first-order valence-corrected chi connectivity index (χ1v) is 8.59. The summed E-state index contributed by atoms with van der Waals surface area (Å²) in [5, 5.41) is 11.0. The fraction of sp³-hybridized carbons (Fsp3) is 0.118. The summed E-state index contributed by atoms with van der Waals surface area (Å²) in [6, 6.07) is 12.6. The molecule has 1 amide bonds. The number of hydrogen-bond donors (Lipinski definition) is 1. The lowest BCUT2D eigenvalue weighted by Crippen LogP contribution is -2.22. The van der Waals surface area contributed by atoms with E-state index in [4.69, 9.17) is 16.0 Å². The van der Waals surface area contributed by atoms with Crippen LogP contribution in [0.2, 0.25) is 5.02 Å². The van der Waals surface area contributed by atoms with Crippen LogP contribution in [0, 0.1) is 5.82 Å². The second-order valence-electron chi connectivity index (χ2n) is 5.14. The first kappa shape index (κ1) is 17.4. The molecule has 0 saturated carbocycles. The smallest absolute Gasteiger partial charge is 0.277 e. The molecule has 0 saturated heterocycles. The van der Waals surface area contributed by atoms with Crippen molar-refractivity contribution in [3.05, 3.63) is 59.4 Å². The van der Waals surface area contributed by atoms with E-state index in [1.54, 1.807) is 43.3 Å². The first-order valence-electron chi connectivity index (χ1n) is 7.34. The summed E-state index contributed by atoms with van der Waals surface area (Å²) in [6.45, 7) is 1.73. The molecule has 0 fully saturated rings. The van der Waals surface area contributed by atoms with Gasteiger partial charge in [0.2, 0.25) is 11.8 Å². The molecule has 3 rings (SSSR count). The molecule has 0 unspecified atom stereocenters. The molecule has 5 nitrogen and oxygen atoms in total. The third-order valence-electron chi connectivity index (χ3n) is 3.26. The van der Waals surface area contributed by atoms with E-state index < -0.39 is 5.25 Å². The molecule has 0 bridgehead atoms. The number of halogens is 2. The number of carbonyl (C=O) groups excluding carboxylic acids is 1. The van der Waals surface area contributed by atoms with E-state index in [2.05, 4.69) is 15.5 Å². The average Bonchev–Trinajstić information content (AvgIpc) is 3.06. The molecule has 1 aromatic heterocycles. The SMILES string of the molecule is C[C@H](Sc1nnc(-c2ccc(F)cc2)o1)C(=O)Nc1ccc(Cl)cc1. The molecule has 0 aliphatic rings. The van der Waals surface area contributed by atoms with Gasteiger partial charge in [-0.1, -0.05) is 23.4 Å². The minimum atomic E-state index is -0.447. The maximum absolute atomic E-state index is 12.9. The molecule has 0 aliphatic heterocycles. The Labute approximate surface area is 152 Å². The minimum Gasteiger partial charge on any atom is -0.411 e. The van der Waals surface area contributed by atoms with Crippen molar-refractivity contribution >= 4 is 35.0 Å². The number of thioether (sulfide) groups is 1. The molecule has 0 spiro atoms. The fourth-order valence-corrected chi connectivity index (χ4v) is 2.76. The summed E-state index contributed by atoms with van der Waals surface area (Å²) in [5.74, 6) is -0.271. The molecular weight excluding hydrogens is 365 g/mol. The normalized spacial score (nSPS) is 12.0. The van der Waals surface area contributed by atoms with E-state index in [1.165, 1.54) is 12.1 Å². The van der Waals surface area contributed by atoms with Crippen molar-refractivity contribution in [1.82, 2.24) is 10.2 Å². The molecule has 0 radical (unpaired) electrons. The maximum Gasteiger partial charge on any atom is 0.277 e. The zero-order chi connectivity index (χ0) is 17.8. The van der Waals surface area contributed by atoms with Gasteiger partial charge in [0.1, 0.15) is 5.82 Å². The number of aromatic nitrogens is 2. The largest absolute Gasteiger partial charge is 0.411 e. The van der Waals surface area contributed by atoms with E-state index in [1.807, 2.05) is 0 Å². The van der Waals surface area contributed by atoms with E-state index in [0.29, 0.717) is 16.3 Å². The Kier molecular flexibility index (Phi) is 5.35. The Morgan fingerprint density at radius 2 is 1.84 bits per heavy atom. The highest BCUT2D eigenvalue weighted by Gasteiger charge is 2.19. The van der Waals surface area contributed by atoms with Crippen LogP contribution in [-0.4, -0.2) is 21.4 Å². The average molecular weight is 378 g/mol. The van der Waals surface area contributed by atoms with Crippen LogP contribution in [0.15, 0.2) is 58.2 Å². The van der Waals surface area contributed by atoms with Crippen LogP contribution in [0.5, 0.6) is 0 Å². The van der Waals surface area contributed by atoms with Gasteiger partial charge in [-0.2, -0.15) is 0 Å². The summed E-state index contributed by atoms with van der Waals surface area (Å²) in [4.78, 5) is 12.2. The summed E-state index contributed by atoms with van der Waals surface area (Å²) < 4.78 is 18.5. The standard InChI is InChI=1S/C17H13ClFN3O2S/c1-10(15(23)20-14-8-4-12(18)5-9-14)25-17-22-21-16(24-17)11-2-6-13(19)7-3-11/h2-10H,1H3,(H,20,23)/t10-/m0/s1. The van der Waals surface area contributed by atoms with Crippen LogP contribution in [0.4, 0.5) is 10.1 Å². The number of rotatable bonds is 5. The summed E-state index contributed by atoms with van der Waals surface area (Å²) >= 11 is 6.95. The molecule has 1 heterocycles. The Balaban J connectivity index is 1.62. The Morgan fingerprint density at radius 1 is 1.16 bits per heavy atom. The topological polar surface area (TPSA) is 68.0 Å². The van der Waals surface area contributed by atoms with Crippen LogP contribution in [0.3, 0.4) is 0 Å². The van der Waals surface area contributed by atoms with Crippen molar-refractivity contribution in [2.24, 2.45) is 0 Å². The molecule has 1 atom stereocenters. The van der Waals surface area contributed by atoms with Crippen LogP contribution in [-0.2, 0) is 4.79 Å². The molecule has 0 aliphatic carbocycles. The third-order valence-corrected chi connectivity index (χ3v) is 4.44. The quantitative estimate of drug-likeness (QED) is 0.655. The van der Waals surface area contributed by atoms with Crippen LogP contribution in [0.1, 0.15) is 6.92 Å². The molecule has 25 heavy (non-hydrogen) atoms. The molecule has 8 heteroatoms. The van der Waals surface area contributed by atoms with Gasteiger partial charge in [-0.05, 0) is 55.5 Å². The van der Waals surface area contributed by atoms with Crippen LogP contribution in [0.25, 0.3) is 11.5 Å². The Bertz CT molecular complexity index is 868. The molecule has 1 N–H and O–H groups in total. The monoisotopic (exact) mass is 377 g/mol. The van der Waals surface area contributed by atoms with Gasteiger partial charge >= 0.3 is 0 Å². The van der Waals surface area contributed by atoms with Gasteiger partial charge in [0.25, 0.3) is 5.22 Å². The van der Waals surface area contributed by atoms with Gasteiger partial charge in [0, 0.05) is 16.3 Å². The number of nitrogens with zero attached hydrogens (tertiary/aromatic N) is 2. The highest BCUT2D eigenvalue weighted by Crippen LogP contribution is 2.27. The van der Waals surface area contributed by atoms with E-state index in [-0.39, 0.29) is 22.8 Å². The van der Waals surface area contributed by atoms with Crippen molar-refractivity contribution in [2.45, 2.75) is 17.4 Å². The second kappa shape index (κ2) is 7.67. The lowest BCUT2D eigenvalue weighted by Gasteiger charge is -2.09. The zero-order valence-electron chi connectivity index (χ0n) is 13.1. The van der Waals surface area contributed by atoms with E-state index in [9.17, 15) is 9.18 Å². The van der Waals surface area contributed by atoms with Gasteiger partial charge in [-0.15, -0.1) is 10.2 Å². The highest BCUT2D eigenvalue weighted by atomic mass is 35.5. The highest BCUT2D eigenvalue weighted by molar-refractivity contribution is 8.00. The van der Waals surface area contributed by atoms with Crippen molar-refractivity contribution in [3.8, 4) is 11.5 Å². The summed E-state index contributed by atoms with van der Waals surface area (Å²) in [6.07, 6.45) is 0. The van der Waals surface area contributed by atoms with E-state index >= 15 is 0 Å². The number of anilines is 1. The second-order valence-corrected chi connectivity index (χ2v) is 6.86. The van der Waals surface area contributed by atoms with Crippen LogP contribution < -0.4 is 5.32 Å². The van der Waals surface area contributed by atoms with Gasteiger partial charge in [0.15, 0.2) is 0 Å². The van der Waals surface area contributed by atoms with Crippen molar-refractivity contribution in [2.75, 3.05) is 5.32 Å². The fourth-order valence-electron chi connectivity index (χ4n) is 1.95. The van der Waals surface area contributed by atoms with Crippen LogP contribution >= 0.6 is 23.4 Å². The Hall–Kier alpha value is -2.38. The maximum atomic E-state index is 12.9. The number of hydrogen-bond acceptors (Lipinski definition) is 5. The third kappa shape index (κ3) is 4.58. The Morgan fingerprint density at radius 3 is 2.52 bits per heavy atom. The molecule has 2 aromatic carbocycles. The number of amides is 1. The predicted octanol–water partition coefficient (Wildman–Crippen LogP) is 4.65. The van der Waals surface area contributed by atoms with Gasteiger partial charge < -0.3 is 9.73 Å². The van der Waals surface area contributed by atoms with Gasteiger partial charge in [0.05, 0.1) is 5.25 Å². The molecule has 3 aromatic rings. The number of benzene rings is 2. The van der Waals surface area contributed by atoms with Crippen molar-refractivity contribution < 1.29 is 13.6 Å². The van der Waals surface area contributed by atoms with Gasteiger partial charge in [-0.3, -0.25) is 4.79 Å². The number of carbonyl (C=O) groups is 1. The van der Waals surface area contributed by atoms with Crippen molar-refractivity contribution in [3.63, 3.8) is 0 Å². The number of nitrogens with one attached hydrogen (secondary N) is 1. The molecule has 128 valence electrons. The van der Waals surface area contributed by atoms with Crippen molar-refractivity contribution in [1.29, 1.82) is 0 Å². The summed E-state index contributed by atoms with van der Waals surface area (Å²) in [7, 11) is 0. The first-order chi connectivity index (χ1) is 12.0.